The van der Waals surface area contributed by atoms with Gasteiger partial charge in [-0.1, -0.05) is 40.5 Å². The molecule has 4 fully saturated rings. The van der Waals surface area contributed by atoms with Crippen LogP contribution in [0.2, 0.25) is 0 Å². The maximum Gasteiger partial charge on any atom is 0.508 e. The van der Waals surface area contributed by atoms with Crippen molar-refractivity contribution >= 4 is 6.16 Å². The molecule has 0 aromatic carbocycles. The Hall–Kier alpha value is -0.730. The Labute approximate surface area is 185 Å². The van der Waals surface area contributed by atoms with E-state index in [2.05, 4.69) is 27.7 Å². The average Bonchev–Trinajstić information content (AvgIpc) is 3.06. The van der Waals surface area contributed by atoms with Crippen LogP contribution in [0, 0.1) is 46.3 Å². The van der Waals surface area contributed by atoms with Crippen molar-refractivity contribution in [3.8, 4) is 0 Å². The van der Waals surface area contributed by atoms with Gasteiger partial charge in [0, 0.05) is 0 Å². The fraction of sp³-hybridized carbons (Fsp3) is 0.963. The molecule has 0 saturated heterocycles. The molecule has 0 amide bonds. The summed E-state index contributed by atoms with van der Waals surface area (Å²) in [5.74, 6) is 5.33. The van der Waals surface area contributed by atoms with Crippen LogP contribution in [0.15, 0.2) is 0 Å². The standard InChI is InChI=1S/C27H46O3/c1-6-8-18(3)22-11-12-23-21-10-9-19-17-20(30-25(28)29-7-2)13-15-26(19,4)24(21)14-16-27(22,23)5/h18-24H,6-17H2,1-5H3/t18-,19?,20?,21?,22-,23?,24?,26+,27-/m1/s1. The number of carbonyl (C=O) groups excluding carboxylic acids is 1. The minimum Gasteiger partial charge on any atom is -0.435 e. The molecule has 0 aromatic rings. The van der Waals surface area contributed by atoms with E-state index >= 15 is 0 Å². The lowest BCUT2D eigenvalue weighted by molar-refractivity contribution is -0.132. The lowest BCUT2D eigenvalue weighted by atomic mass is 9.44. The summed E-state index contributed by atoms with van der Waals surface area (Å²) in [6.07, 6.45) is 14.2. The highest BCUT2D eigenvalue weighted by atomic mass is 16.7. The van der Waals surface area contributed by atoms with Crippen LogP contribution in [0.1, 0.15) is 105 Å². The van der Waals surface area contributed by atoms with Crippen molar-refractivity contribution in [2.75, 3.05) is 6.61 Å². The summed E-state index contributed by atoms with van der Waals surface area (Å²) in [5.41, 5.74) is 1.04. The van der Waals surface area contributed by atoms with E-state index in [4.69, 9.17) is 9.47 Å². The van der Waals surface area contributed by atoms with E-state index in [9.17, 15) is 4.79 Å². The van der Waals surface area contributed by atoms with Crippen molar-refractivity contribution in [3.05, 3.63) is 0 Å². The van der Waals surface area contributed by atoms with Crippen LogP contribution in [0.4, 0.5) is 4.79 Å². The Kier molecular flexibility index (Phi) is 6.48. The molecule has 0 radical (unpaired) electrons. The van der Waals surface area contributed by atoms with Gasteiger partial charge in [0.05, 0.1) is 6.61 Å². The van der Waals surface area contributed by atoms with Crippen molar-refractivity contribution in [1.29, 1.82) is 0 Å². The molecule has 9 atom stereocenters. The monoisotopic (exact) mass is 418 g/mol. The summed E-state index contributed by atoms with van der Waals surface area (Å²) in [6, 6.07) is 0. The topological polar surface area (TPSA) is 35.5 Å². The SMILES string of the molecule is CCC[C@@H](C)[C@H]1CCC2C3CCC4CC(OC(=O)OCC)CC[C@]4(C)C3CC[C@@]21C. The molecule has 0 spiro atoms. The van der Waals surface area contributed by atoms with Crippen LogP contribution in [-0.2, 0) is 9.47 Å². The van der Waals surface area contributed by atoms with Gasteiger partial charge in [-0.3, -0.25) is 0 Å². The highest BCUT2D eigenvalue weighted by molar-refractivity contribution is 5.60. The minimum absolute atomic E-state index is 0.0679. The number of rotatable bonds is 5. The molecule has 0 heterocycles. The van der Waals surface area contributed by atoms with Gasteiger partial charge in [0.15, 0.2) is 0 Å². The number of hydrogen-bond donors (Lipinski definition) is 0. The third-order valence-corrected chi connectivity index (χ3v) is 10.6. The molecule has 0 aliphatic heterocycles. The van der Waals surface area contributed by atoms with Gasteiger partial charge in [-0.25, -0.2) is 4.79 Å². The molecule has 172 valence electrons. The number of carbonyl (C=O) groups is 1. The third-order valence-electron chi connectivity index (χ3n) is 10.6. The van der Waals surface area contributed by atoms with Crippen molar-refractivity contribution in [2.45, 2.75) is 111 Å². The molecule has 4 rings (SSSR count). The maximum atomic E-state index is 11.8. The summed E-state index contributed by atoms with van der Waals surface area (Å²) in [4.78, 5) is 11.8. The second kappa shape index (κ2) is 8.66. The normalized spacial score (nSPS) is 46.3. The average molecular weight is 419 g/mol. The molecular formula is C27H46O3. The molecule has 3 heteroatoms. The molecule has 4 saturated carbocycles. The highest BCUT2D eigenvalue weighted by Crippen LogP contribution is 2.68. The van der Waals surface area contributed by atoms with E-state index in [-0.39, 0.29) is 6.10 Å². The van der Waals surface area contributed by atoms with Crippen molar-refractivity contribution in [1.82, 2.24) is 0 Å². The minimum atomic E-state index is -0.466. The van der Waals surface area contributed by atoms with Crippen LogP contribution in [0.3, 0.4) is 0 Å². The van der Waals surface area contributed by atoms with Gasteiger partial charge < -0.3 is 9.47 Å². The van der Waals surface area contributed by atoms with Gasteiger partial charge in [-0.15, -0.1) is 0 Å². The number of fused-ring (bicyclic) bond motifs is 5. The highest BCUT2D eigenvalue weighted by Gasteiger charge is 2.60. The van der Waals surface area contributed by atoms with E-state index in [1.54, 1.807) is 0 Å². The Morgan fingerprint density at radius 3 is 2.43 bits per heavy atom. The first-order valence-corrected chi connectivity index (χ1v) is 13.2. The molecule has 5 unspecified atom stereocenters. The molecular weight excluding hydrogens is 372 g/mol. The molecule has 0 N–H and O–H groups in total. The molecule has 3 nitrogen and oxygen atoms in total. The van der Waals surface area contributed by atoms with Crippen LogP contribution >= 0.6 is 0 Å². The molecule has 30 heavy (non-hydrogen) atoms. The van der Waals surface area contributed by atoms with Crippen LogP contribution < -0.4 is 0 Å². The first-order valence-electron chi connectivity index (χ1n) is 13.2. The van der Waals surface area contributed by atoms with Gasteiger partial charge in [0.1, 0.15) is 6.10 Å². The van der Waals surface area contributed by atoms with Crippen LogP contribution in [-0.4, -0.2) is 18.9 Å². The predicted molar refractivity (Wildman–Crippen MR) is 121 cm³/mol. The third kappa shape index (κ3) is 3.71. The van der Waals surface area contributed by atoms with E-state index in [1.165, 1.54) is 57.8 Å². The fourth-order valence-corrected chi connectivity index (χ4v) is 9.25. The van der Waals surface area contributed by atoms with Gasteiger partial charge in [-0.05, 0) is 111 Å². The zero-order valence-corrected chi connectivity index (χ0v) is 20.3. The Bertz CT molecular complexity index is 617. The summed E-state index contributed by atoms with van der Waals surface area (Å²) >= 11 is 0. The van der Waals surface area contributed by atoms with Crippen molar-refractivity contribution < 1.29 is 14.3 Å². The summed E-state index contributed by atoms with van der Waals surface area (Å²) in [5, 5.41) is 0. The number of hydrogen-bond acceptors (Lipinski definition) is 3. The second-order valence-electron chi connectivity index (χ2n) is 11.8. The fourth-order valence-electron chi connectivity index (χ4n) is 9.25. The van der Waals surface area contributed by atoms with Crippen LogP contribution in [0.25, 0.3) is 0 Å². The quantitative estimate of drug-likeness (QED) is 0.431. The Balaban J connectivity index is 1.45. The molecule has 4 aliphatic rings. The Morgan fingerprint density at radius 2 is 1.70 bits per heavy atom. The largest absolute Gasteiger partial charge is 0.508 e. The summed E-state index contributed by atoms with van der Waals surface area (Å²) in [6.45, 7) is 12.4. The second-order valence-corrected chi connectivity index (χ2v) is 11.8. The van der Waals surface area contributed by atoms with Gasteiger partial charge in [-0.2, -0.15) is 0 Å². The van der Waals surface area contributed by atoms with Crippen molar-refractivity contribution in [2.24, 2.45) is 46.3 Å². The lowest BCUT2D eigenvalue weighted by Crippen LogP contribution is -2.54. The summed E-state index contributed by atoms with van der Waals surface area (Å²) < 4.78 is 10.7. The van der Waals surface area contributed by atoms with Gasteiger partial charge in [0.2, 0.25) is 0 Å². The smallest absolute Gasteiger partial charge is 0.435 e. The lowest BCUT2D eigenvalue weighted by Gasteiger charge is -2.61. The van der Waals surface area contributed by atoms with Gasteiger partial charge in [0.25, 0.3) is 0 Å². The number of ether oxygens (including phenoxy) is 2. The van der Waals surface area contributed by atoms with E-state index in [0.717, 1.165) is 42.4 Å². The van der Waals surface area contributed by atoms with E-state index in [1.807, 2.05) is 6.92 Å². The van der Waals surface area contributed by atoms with Gasteiger partial charge >= 0.3 is 6.16 Å². The molecule has 0 aromatic heterocycles. The zero-order valence-electron chi connectivity index (χ0n) is 20.3. The summed E-state index contributed by atoms with van der Waals surface area (Å²) in [7, 11) is 0. The predicted octanol–water partition coefficient (Wildman–Crippen LogP) is 7.62. The first-order chi connectivity index (χ1) is 14.3. The first kappa shape index (κ1) is 22.5. The van der Waals surface area contributed by atoms with Crippen LogP contribution in [0.5, 0.6) is 0 Å². The molecule has 4 aliphatic carbocycles. The molecule has 0 bridgehead atoms. The Morgan fingerprint density at radius 1 is 0.967 bits per heavy atom. The maximum absolute atomic E-state index is 11.8. The zero-order chi connectivity index (χ0) is 21.5. The van der Waals surface area contributed by atoms with Crippen molar-refractivity contribution in [3.63, 3.8) is 0 Å². The van der Waals surface area contributed by atoms with E-state index in [0.29, 0.717) is 23.4 Å². The van der Waals surface area contributed by atoms with E-state index < -0.39 is 6.16 Å².